The monoisotopic (exact) mass is 555 g/mol. The summed E-state index contributed by atoms with van der Waals surface area (Å²) in [5.41, 5.74) is 2.74. The zero-order valence-electron chi connectivity index (χ0n) is 22.2. The summed E-state index contributed by atoms with van der Waals surface area (Å²) in [6, 6.07) is 16.7. The number of carbonyl (C=O) groups excluding carboxylic acids is 3. The second-order valence-corrected chi connectivity index (χ2v) is 11.2. The zero-order valence-corrected chi connectivity index (χ0v) is 23.0. The van der Waals surface area contributed by atoms with E-state index in [0.717, 1.165) is 42.4 Å². The minimum absolute atomic E-state index is 0.0115. The Kier molecular flexibility index (Phi) is 6.85. The third-order valence-electron chi connectivity index (χ3n) is 7.31. The van der Waals surface area contributed by atoms with Crippen LogP contribution in [0, 0.1) is 6.92 Å². The second-order valence-electron chi connectivity index (χ2n) is 10.2. The highest BCUT2D eigenvalue weighted by Crippen LogP contribution is 2.46. The Morgan fingerprint density at radius 1 is 0.975 bits per heavy atom. The maximum Gasteiger partial charge on any atom is 0.331 e. The maximum atomic E-state index is 13.5. The van der Waals surface area contributed by atoms with Crippen LogP contribution in [0.5, 0.6) is 11.5 Å². The van der Waals surface area contributed by atoms with Crippen molar-refractivity contribution in [1.82, 2.24) is 15.6 Å². The van der Waals surface area contributed by atoms with Crippen LogP contribution >= 0.6 is 11.3 Å². The van der Waals surface area contributed by atoms with Crippen molar-refractivity contribution in [3.05, 3.63) is 71.2 Å². The van der Waals surface area contributed by atoms with E-state index in [9.17, 15) is 14.4 Å². The van der Waals surface area contributed by atoms with Crippen LogP contribution in [0.25, 0.3) is 10.2 Å². The fraction of sp³-hybridized carbons (Fsp3) is 0.267. The Bertz CT molecular complexity index is 1610. The highest BCUT2D eigenvalue weighted by molar-refractivity contribution is 7.21. The normalized spacial score (nSPS) is 18.2. The highest BCUT2D eigenvalue weighted by Gasteiger charge is 2.34. The van der Waals surface area contributed by atoms with Crippen LogP contribution in [0.1, 0.15) is 47.8 Å². The molecule has 1 fully saturated rings. The average Bonchev–Trinajstić information content (AvgIpc) is 3.30. The standard InChI is InChI=1S/C30H29N5O4S/c1-17-16-22(39-21-6-4-3-5-7-21)12-13-23(17)35-24-14-15-31-29-25(24)26(34-30(35)38)27(40-29)28(37)33-20-10-8-19(9-11-20)32-18(2)36/h3-7,12-16,19-20H,8-11H2,1-2H3,(H,32,36)(H,33,37)(H,34,38). The second kappa shape index (κ2) is 10.6. The molecule has 0 bridgehead atoms. The number of anilines is 3. The SMILES string of the molecule is CC(=O)NC1CCC(NC(=O)c2sc3nccc4c3c2NC(=O)N4c2ccc(Oc3ccccc3)cc2C)CC1. The van der Waals surface area contributed by atoms with Crippen molar-refractivity contribution in [3.8, 4) is 11.5 Å². The molecule has 6 rings (SSSR count). The number of para-hydroxylation sites is 1. The summed E-state index contributed by atoms with van der Waals surface area (Å²) in [7, 11) is 0. The lowest BCUT2D eigenvalue weighted by molar-refractivity contribution is -0.119. The molecule has 40 heavy (non-hydrogen) atoms. The molecule has 0 radical (unpaired) electrons. The lowest BCUT2D eigenvalue weighted by Crippen LogP contribution is -2.43. The number of benzene rings is 2. The van der Waals surface area contributed by atoms with Crippen molar-refractivity contribution >= 4 is 56.5 Å². The van der Waals surface area contributed by atoms with Gasteiger partial charge in [0.25, 0.3) is 5.91 Å². The molecule has 0 atom stereocenters. The summed E-state index contributed by atoms with van der Waals surface area (Å²) < 4.78 is 5.97. The lowest BCUT2D eigenvalue weighted by atomic mass is 9.91. The van der Waals surface area contributed by atoms with E-state index in [1.54, 1.807) is 17.2 Å². The number of thiophene rings is 1. The summed E-state index contributed by atoms with van der Waals surface area (Å²) in [6.45, 7) is 3.46. The van der Waals surface area contributed by atoms with Crippen LogP contribution in [-0.2, 0) is 4.79 Å². The first kappa shape index (κ1) is 25.8. The number of ether oxygens (including phenoxy) is 1. The number of rotatable bonds is 6. The van der Waals surface area contributed by atoms with Gasteiger partial charge in [-0.1, -0.05) is 18.2 Å². The number of aromatic nitrogens is 1. The van der Waals surface area contributed by atoms with Crippen molar-refractivity contribution in [2.75, 3.05) is 10.2 Å². The van der Waals surface area contributed by atoms with Gasteiger partial charge in [0.15, 0.2) is 0 Å². The van der Waals surface area contributed by atoms with E-state index < -0.39 is 0 Å². The molecule has 2 aliphatic rings. The van der Waals surface area contributed by atoms with Gasteiger partial charge in [-0.05, 0) is 74.6 Å². The molecule has 204 valence electrons. The van der Waals surface area contributed by atoms with Gasteiger partial charge in [0.1, 0.15) is 21.2 Å². The van der Waals surface area contributed by atoms with E-state index in [0.29, 0.717) is 32.5 Å². The summed E-state index contributed by atoms with van der Waals surface area (Å²) in [6.07, 6.45) is 4.86. The van der Waals surface area contributed by atoms with E-state index in [4.69, 9.17) is 4.74 Å². The molecule has 0 saturated heterocycles. The number of pyridine rings is 1. The van der Waals surface area contributed by atoms with Gasteiger partial charge >= 0.3 is 6.03 Å². The predicted molar refractivity (Wildman–Crippen MR) is 156 cm³/mol. The Morgan fingerprint density at radius 3 is 2.40 bits per heavy atom. The summed E-state index contributed by atoms with van der Waals surface area (Å²) in [4.78, 5) is 45.5. The summed E-state index contributed by atoms with van der Waals surface area (Å²) in [5, 5.41) is 9.81. The molecule has 3 heterocycles. The van der Waals surface area contributed by atoms with Crippen LogP contribution < -0.4 is 25.6 Å². The van der Waals surface area contributed by atoms with Crippen molar-refractivity contribution in [2.45, 2.75) is 51.6 Å². The number of hydrogen-bond donors (Lipinski definition) is 3. The van der Waals surface area contributed by atoms with Crippen LogP contribution in [0.15, 0.2) is 60.8 Å². The molecule has 9 nitrogen and oxygen atoms in total. The smallest absolute Gasteiger partial charge is 0.331 e. The van der Waals surface area contributed by atoms with Gasteiger partial charge in [-0.3, -0.25) is 14.5 Å². The van der Waals surface area contributed by atoms with Gasteiger partial charge in [0.05, 0.1) is 22.4 Å². The van der Waals surface area contributed by atoms with Crippen molar-refractivity contribution in [2.24, 2.45) is 0 Å². The quantitative estimate of drug-likeness (QED) is 0.260. The number of urea groups is 1. The fourth-order valence-corrected chi connectivity index (χ4v) is 6.49. The number of hydrogen-bond acceptors (Lipinski definition) is 6. The van der Waals surface area contributed by atoms with Crippen LogP contribution in [-0.4, -0.2) is 34.9 Å². The van der Waals surface area contributed by atoms with Gasteiger partial charge < -0.3 is 20.7 Å². The molecule has 1 saturated carbocycles. The molecule has 1 aliphatic carbocycles. The lowest BCUT2D eigenvalue weighted by Gasteiger charge is -2.30. The molecule has 0 unspecified atom stereocenters. The molecule has 4 amide bonds. The van der Waals surface area contributed by atoms with E-state index >= 15 is 0 Å². The Morgan fingerprint density at radius 2 is 1.70 bits per heavy atom. The van der Waals surface area contributed by atoms with Crippen LogP contribution in [0.4, 0.5) is 21.9 Å². The molecule has 0 spiro atoms. The van der Waals surface area contributed by atoms with Gasteiger partial charge in [-0.15, -0.1) is 11.3 Å². The molecule has 2 aromatic heterocycles. The fourth-order valence-electron chi connectivity index (χ4n) is 5.47. The third kappa shape index (κ3) is 4.98. The highest BCUT2D eigenvalue weighted by atomic mass is 32.1. The molecular formula is C30H29N5O4S. The first-order valence-electron chi connectivity index (χ1n) is 13.3. The molecular weight excluding hydrogens is 526 g/mol. The topological polar surface area (TPSA) is 113 Å². The minimum Gasteiger partial charge on any atom is -0.457 e. The minimum atomic E-state index is -0.344. The predicted octanol–water partition coefficient (Wildman–Crippen LogP) is 6.26. The first-order valence-corrected chi connectivity index (χ1v) is 14.1. The van der Waals surface area contributed by atoms with E-state index in [1.165, 1.54) is 18.3 Å². The van der Waals surface area contributed by atoms with Crippen molar-refractivity contribution in [3.63, 3.8) is 0 Å². The average molecular weight is 556 g/mol. The molecule has 3 N–H and O–H groups in total. The summed E-state index contributed by atoms with van der Waals surface area (Å²) >= 11 is 1.27. The van der Waals surface area contributed by atoms with E-state index in [-0.39, 0.29) is 29.9 Å². The van der Waals surface area contributed by atoms with Gasteiger partial charge in [0.2, 0.25) is 5.91 Å². The van der Waals surface area contributed by atoms with E-state index in [2.05, 4.69) is 20.9 Å². The van der Waals surface area contributed by atoms with Crippen molar-refractivity contribution in [1.29, 1.82) is 0 Å². The first-order chi connectivity index (χ1) is 19.4. The molecule has 2 aromatic carbocycles. The number of amides is 4. The zero-order chi connectivity index (χ0) is 27.8. The van der Waals surface area contributed by atoms with Crippen LogP contribution in [0.2, 0.25) is 0 Å². The number of aryl methyl sites for hydroxylation is 1. The van der Waals surface area contributed by atoms with Gasteiger partial charge in [0, 0.05) is 25.2 Å². The van der Waals surface area contributed by atoms with Crippen molar-refractivity contribution < 1.29 is 19.1 Å². The summed E-state index contributed by atoms with van der Waals surface area (Å²) in [5.74, 6) is 1.15. The van der Waals surface area contributed by atoms with E-state index in [1.807, 2.05) is 55.5 Å². The number of nitrogens with zero attached hydrogens (tertiary/aromatic N) is 2. The van der Waals surface area contributed by atoms with Crippen LogP contribution in [0.3, 0.4) is 0 Å². The third-order valence-corrected chi connectivity index (χ3v) is 8.41. The van der Waals surface area contributed by atoms with Gasteiger partial charge in [-0.2, -0.15) is 0 Å². The Hall–Kier alpha value is -4.44. The maximum absolute atomic E-state index is 13.5. The molecule has 1 aliphatic heterocycles. The Balaban J connectivity index is 1.25. The Labute approximate surface area is 235 Å². The van der Waals surface area contributed by atoms with Gasteiger partial charge in [-0.25, -0.2) is 9.78 Å². The number of carbonyl (C=O) groups is 3. The molecule has 10 heteroatoms. The molecule has 4 aromatic rings. The number of nitrogens with one attached hydrogen (secondary N) is 3. The largest absolute Gasteiger partial charge is 0.457 e.